The number of anilines is 1. The summed E-state index contributed by atoms with van der Waals surface area (Å²) in [6.45, 7) is 4.37. The quantitative estimate of drug-likeness (QED) is 0.514. The molecule has 0 spiro atoms. The molecule has 0 bridgehead atoms. The van der Waals surface area contributed by atoms with Crippen LogP contribution in [0.5, 0.6) is 11.5 Å². The first-order chi connectivity index (χ1) is 13.5. The maximum absolute atomic E-state index is 11.9. The predicted octanol–water partition coefficient (Wildman–Crippen LogP) is 3.27. The fraction of sp³-hybridized carbons (Fsp3) is 0.286. The second kappa shape index (κ2) is 10.7. The Kier molecular flexibility index (Phi) is 8.02. The Morgan fingerprint density at radius 2 is 1.75 bits per heavy atom. The van der Waals surface area contributed by atoms with E-state index in [2.05, 4.69) is 15.8 Å². The lowest BCUT2D eigenvalue weighted by Gasteiger charge is -2.09. The van der Waals surface area contributed by atoms with Crippen molar-refractivity contribution in [3.63, 3.8) is 0 Å². The molecule has 7 heteroatoms. The van der Waals surface area contributed by atoms with E-state index in [0.29, 0.717) is 23.8 Å². The monoisotopic (exact) mass is 383 g/mol. The van der Waals surface area contributed by atoms with Gasteiger partial charge in [0.05, 0.1) is 19.9 Å². The molecule has 0 aliphatic carbocycles. The van der Waals surface area contributed by atoms with Crippen molar-refractivity contribution in [2.45, 2.75) is 26.7 Å². The largest absolute Gasteiger partial charge is 0.493 e. The van der Waals surface area contributed by atoms with Crippen LogP contribution in [0.2, 0.25) is 0 Å². The van der Waals surface area contributed by atoms with Gasteiger partial charge in [-0.3, -0.25) is 9.59 Å². The molecule has 0 saturated heterocycles. The number of benzene rings is 2. The molecule has 7 nitrogen and oxygen atoms in total. The van der Waals surface area contributed by atoms with Gasteiger partial charge in [-0.15, -0.1) is 0 Å². The van der Waals surface area contributed by atoms with Gasteiger partial charge in [0, 0.05) is 18.5 Å². The van der Waals surface area contributed by atoms with Crippen LogP contribution in [0.1, 0.15) is 30.9 Å². The Morgan fingerprint density at radius 3 is 2.43 bits per heavy atom. The molecule has 0 radical (unpaired) electrons. The van der Waals surface area contributed by atoms with Crippen LogP contribution in [-0.4, -0.2) is 31.7 Å². The van der Waals surface area contributed by atoms with Gasteiger partial charge >= 0.3 is 0 Å². The zero-order chi connectivity index (χ0) is 20.4. The standard InChI is InChI=1S/C21H25N3O4/c1-4-28-19-13-16(7-10-18(19)27-3)14-22-24-21(26)12-11-20(25)23-17-8-5-15(2)6-9-17/h5-10,13-14H,4,11-12H2,1-3H3,(H,23,25)(H,24,26). The highest BCUT2D eigenvalue weighted by molar-refractivity contribution is 5.93. The van der Waals surface area contributed by atoms with Crippen LogP contribution in [0.25, 0.3) is 0 Å². The van der Waals surface area contributed by atoms with Crippen molar-refractivity contribution in [3.05, 3.63) is 53.6 Å². The fourth-order valence-electron chi connectivity index (χ4n) is 2.36. The molecule has 2 aromatic rings. The van der Waals surface area contributed by atoms with Gasteiger partial charge < -0.3 is 14.8 Å². The number of carbonyl (C=O) groups is 2. The third kappa shape index (κ3) is 6.75. The fourth-order valence-corrected chi connectivity index (χ4v) is 2.36. The van der Waals surface area contributed by atoms with Crippen molar-refractivity contribution >= 4 is 23.7 Å². The molecule has 148 valence electrons. The summed E-state index contributed by atoms with van der Waals surface area (Å²) >= 11 is 0. The van der Waals surface area contributed by atoms with Crippen molar-refractivity contribution in [1.82, 2.24) is 5.43 Å². The lowest BCUT2D eigenvalue weighted by Crippen LogP contribution is -2.20. The first-order valence-corrected chi connectivity index (χ1v) is 9.01. The number of methoxy groups -OCH3 is 1. The topological polar surface area (TPSA) is 89.0 Å². The van der Waals surface area contributed by atoms with Crippen molar-refractivity contribution in [2.24, 2.45) is 5.10 Å². The molecule has 0 unspecified atom stereocenters. The Balaban J connectivity index is 1.79. The number of hydrazone groups is 1. The first-order valence-electron chi connectivity index (χ1n) is 9.01. The highest BCUT2D eigenvalue weighted by Crippen LogP contribution is 2.27. The van der Waals surface area contributed by atoms with Crippen molar-refractivity contribution < 1.29 is 19.1 Å². The number of hydrogen-bond acceptors (Lipinski definition) is 5. The van der Waals surface area contributed by atoms with Gasteiger partial charge in [0.2, 0.25) is 11.8 Å². The normalized spacial score (nSPS) is 10.5. The number of rotatable bonds is 9. The lowest BCUT2D eigenvalue weighted by molar-refractivity contribution is -0.124. The minimum absolute atomic E-state index is 0.0435. The van der Waals surface area contributed by atoms with Gasteiger partial charge in [-0.05, 0) is 49.7 Å². The summed E-state index contributed by atoms with van der Waals surface area (Å²) in [7, 11) is 1.57. The van der Waals surface area contributed by atoms with E-state index in [9.17, 15) is 9.59 Å². The van der Waals surface area contributed by atoms with E-state index in [1.54, 1.807) is 25.3 Å². The third-order valence-corrected chi connectivity index (χ3v) is 3.80. The van der Waals surface area contributed by atoms with Gasteiger partial charge in [-0.1, -0.05) is 17.7 Å². The Morgan fingerprint density at radius 1 is 1.04 bits per heavy atom. The molecule has 0 saturated carbocycles. The zero-order valence-corrected chi connectivity index (χ0v) is 16.3. The highest BCUT2D eigenvalue weighted by atomic mass is 16.5. The third-order valence-electron chi connectivity index (χ3n) is 3.80. The number of hydrogen-bond donors (Lipinski definition) is 2. The summed E-state index contributed by atoms with van der Waals surface area (Å²) in [4.78, 5) is 23.8. The maximum atomic E-state index is 11.9. The van der Waals surface area contributed by atoms with E-state index >= 15 is 0 Å². The second-order valence-electron chi connectivity index (χ2n) is 6.05. The Bertz CT molecular complexity index is 832. The van der Waals surface area contributed by atoms with Crippen LogP contribution < -0.4 is 20.2 Å². The number of carbonyl (C=O) groups excluding carboxylic acids is 2. The molecular weight excluding hydrogens is 358 g/mol. The highest BCUT2D eigenvalue weighted by Gasteiger charge is 2.07. The number of amides is 2. The SMILES string of the molecule is CCOc1cc(C=NNC(=O)CCC(=O)Nc2ccc(C)cc2)ccc1OC. The Labute approximate surface area is 164 Å². The van der Waals surface area contributed by atoms with Crippen LogP contribution >= 0.6 is 0 Å². The zero-order valence-electron chi connectivity index (χ0n) is 16.3. The molecule has 0 heterocycles. The van der Waals surface area contributed by atoms with Crippen LogP contribution in [0.15, 0.2) is 47.6 Å². The molecule has 2 aromatic carbocycles. The molecule has 28 heavy (non-hydrogen) atoms. The van der Waals surface area contributed by atoms with Gasteiger partial charge in [-0.2, -0.15) is 5.10 Å². The number of aryl methyl sites for hydroxylation is 1. The number of nitrogens with zero attached hydrogens (tertiary/aromatic N) is 1. The van der Waals surface area contributed by atoms with Gasteiger partial charge in [0.25, 0.3) is 0 Å². The number of ether oxygens (including phenoxy) is 2. The second-order valence-corrected chi connectivity index (χ2v) is 6.05. The molecule has 2 amide bonds. The molecule has 0 aromatic heterocycles. The molecule has 0 aliphatic heterocycles. The molecule has 2 N–H and O–H groups in total. The van der Waals surface area contributed by atoms with Gasteiger partial charge in [-0.25, -0.2) is 5.43 Å². The molecular formula is C21H25N3O4. The Hall–Kier alpha value is -3.35. The van der Waals surface area contributed by atoms with Crippen molar-refractivity contribution in [2.75, 3.05) is 19.0 Å². The van der Waals surface area contributed by atoms with Crippen molar-refractivity contribution in [3.8, 4) is 11.5 Å². The first kappa shape index (κ1) is 21.0. The molecule has 2 rings (SSSR count). The van der Waals surface area contributed by atoms with E-state index < -0.39 is 0 Å². The van der Waals surface area contributed by atoms with Crippen LogP contribution in [-0.2, 0) is 9.59 Å². The average molecular weight is 383 g/mol. The summed E-state index contributed by atoms with van der Waals surface area (Å²) in [5, 5.41) is 6.67. The van der Waals surface area contributed by atoms with E-state index in [0.717, 1.165) is 11.1 Å². The summed E-state index contributed by atoms with van der Waals surface area (Å²) < 4.78 is 10.7. The van der Waals surface area contributed by atoms with Crippen LogP contribution in [0.4, 0.5) is 5.69 Å². The van der Waals surface area contributed by atoms with Gasteiger partial charge in [0.1, 0.15) is 0 Å². The van der Waals surface area contributed by atoms with Crippen molar-refractivity contribution in [1.29, 1.82) is 0 Å². The summed E-state index contributed by atoms with van der Waals surface area (Å²) in [6.07, 6.45) is 1.63. The van der Waals surface area contributed by atoms with Crippen LogP contribution in [0.3, 0.4) is 0 Å². The van der Waals surface area contributed by atoms with E-state index in [-0.39, 0.29) is 24.7 Å². The minimum Gasteiger partial charge on any atom is -0.493 e. The molecule has 0 aliphatic rings. The number of nitrogens with one attached hydrogen (secondary N) is 2. The molecule has 0 fully saturated rings. The smallest absolute Gasteiger partial charge is 0.240 e. The van der Waals surface area contributed by atoms with Gasteiger partial charge in [0.15, 0.2) is 11.5 Å². The van der Waals surface area contributed by atoms with E-state index in [4.69, 9.17) is 9.47 Å². The van der Waals surface area contributed by atoms with Crippen LogP contribution in [0, 0.1) is 6.92 Å². The maximum Gasteiger partial charge on any atom is 0.240 e. The lowest BCUT2D eigenvalue weighted by atomic mass is 10.2. The van der Waals surface area contributed by atoms with E-state index in [1.807, 2.05) is 38.1 Å². The average Bonchev–Trinajstić information content (AvgIpc) is 2.69. The summed E-state index contributed by atoms with van der Waals surface area (Å²) in [5.74, 6) is 0.670. The van der Waals surface area contributed by atoms with E-state index in [1.165, 1.54) is 6.21 Å². The minimum atomic E-state index is -0.339. The summed E-state index contributed by atoms with van der Waals surface area (Å²) in [6, 6.07) is 12.8. The summed E-state index contributed by atoms with van der Waals surface area (Å²) in [5.41, 5.74) is 4.99. The predicted molar refractivity (Wildman–Crippen MR) is 109 cm³/mol. The molecule has 0 atom stereocenters.